The molecule has 7 heterocycles. The van der Waals surface area contributed by atoms with Crippen LogP contribution >= 0.6 is 0 Å². The van der Waals surface area contributed by atoms with E-state index in [0.717, 1.165) is 82.5 Å². The molecule has 17 nitrogen and oxygen atoms in total. The number of nitro benzene ring substituents is 1. The predicted octanol–water partition coefficient (Wildman–Crippen LogP) is 6.85. The van der Waals surface area contributed by atoms with Crippen LogP contribution in [-0.4, -0.2) is 134 Å². The molecule has 0 unspecified atom stereocenters. The van der Waals surface area contributed by atoms with E-state index < -0.39 is 31.4 Å². The number of nitro groups is 1. The molecule has 3 aromatic carbocycles. The molecule has 1 amide bonds. The summed E-state index contributed by atoms with van der Waals surface area (Å²) >= 11 is 0. The van der Waals surface area contributed by atoms with Crippen LogP contribution in [0.4, 0.5) is 17.1 Å². The number of nitrogens with one attached hydrogen (secondary N) is 3. The summed E-state index contributed by atoms with van der Waals surface area (Å²) in [5.41, 5.74) is 4.28. The number of carbonyl (C=O) groups excluding carboxylic acids is 1. The Morgan fingerprint density at radius 2 is 1.81 bits per heavy atom. The quantitative estimate of drug-likeness (QED) is 0.0870. The SMILES string of the molecule is Cc1ccccc1[C@@H]1CCCN1C1CC2(CCN(c3ccc(C(=O)NS(=O)(=O)c4cc5c(c([N+](=O)[O-])c4)N[C@H](CN4CCN(C6COC6)[C@H](C)C4)CO5)c(Oc4cnc5[nH]ccc5c4)c3)CC2)C1. The number of aromatic amines is 1. The molecule has 0 radical (unpaired) electrons. The first-order valence-corrected chi connectivity index (χ1v) is 25.5. The van der Waals surface area contributed by atoms with Crippen molar-refractivity contribution < 1.29 is 32.3 Å². The van der Waals surface area contributed by atoms with Crippen molar-refractivity contribution in [1.29, 1.82) is 0 Å². The monoisotopic (exact) mass is 945 g/mol. The summed E-state index contributed by atoms with van der Waals surface area (Å²) < 4.78 is 48.0. The molecule has 1 aliphatic carbocycles. The second-order valence-electron chi connectivity index (χ2n) is 19.9. The summed E-state index contributed by atoms with van der Waals surface area (Å²) in [6.45, 7) is 12.1. The number of hydrogen-bond acceptors (Lipinski definition) is 14. The largest absolute Gasteiger partial charge is 0.489 e. The lowest BCUT2D eigenvalue weighted by molar-refractivity contribution is -0.384. The van der Waals surface area contributed by atoms with Gasteiger partial charge in [-0.1, -0.05) is 24.3 Å². The predicted molar refractivity (Wildman–Crippen MR) is 257 cm³/mol. The fourth-order valence-electron chi connectivity index (χ4n) is 11.8. The van der Waals surface area contributed by atoms with Crippen LogP contribution in [-0.2, 0) is 14.8 Å². The van der Waals surface area contributed by atoms with Gasteiger partial charge in [-0.25, -0.2) is 18.1 Å². The van der Waals surface area contributed by atoms with Crippen LogP contribution in [0.15, 0.2) is 84.0 Å². The van der Waals surface area contributed by atoms with Gasteiger partial charge in [-0.05, 0) is 99.7 Å². The normalized spacial score (nSPS) is 23.6. The van der Waals surface area contributed by atoms with E-state index >= 15 is 0 Å². The van der Waals surface area contributed by atoms with Gasteiger partial charge in [0.1, 0.15) is 23.8 Å². The third-order valence-corrected chi connectivity index (χ3v) is 16.9. The van der Waals surface area contributed by atoms with Crippen molar-refractivity contribution in [2.45, 2.75) is 87.5 Å². The van der Waals surface area contributed by atoms with Gasteiger partial charge in [-0.15, -0.1) is 0 Å². The number of aryl methyl sites for hydroxylation is 1. The maximum absolute atomic E-state index is 14.1. The van der Waals surface area contributed by atoms with E-state index in [1.165, 1.54) is 42.9 Å². The number of ether oxygens (including phenoxy) is 3. The second kappa shape index (κ2) is 17.9. The second-order valence-corrected chi connectivity index (χ2v) is 21.6. The topological polar surface area (TPSA) is 188 Å². The molecule has 5 aliphatic heterocycles. The van der Waals surface area contributed by atoms with Crippen molar-refractivity contribution in [3.05, 3.63) is 106 Å². The Morgan fingerprint density at radius 3 is 2.57 bits per heavy atom. The van der Waals surface area contributed by atoms with Crippen LogP contribution in [0, 0.1) is 22.5 Å². The summed E-state index contributed by atoms with van der Waals surface area (Å²) in [5, 5.41) is 16.5. The third kappa shape index (κ3) is 8.65. The zero-order valence-electron chi connectivity index (χ0n) is 38.6. The van der Waals surface area contributed by atoms with Crippen LogP contribution in [0.3, 0.4) is 0 Å². The van der Waals surface area contributed by atoms with E-state index in [0.29, 0.717) is 47.5 Å². The molecule has 1 saturated carbocycles. The Morgan fingerprint density at radius 1 is 0.985 bits per heavy atom. The number of hydrogen-bond donors (Lipinski definition) is 3. The number of sulfonamides is 1. The summed E-state index contributed by atoms with van der Waals surface area (Å²) in [6.07, 6.45) is 10.3. The summed E-state index contributed by atoms with van der Waals surface area (Å²) in [6, 6.07) is 21.4. The molecule has 68 heavy (non-hydrogen) atoms. The molecule has 11 rings (SSSR count). The number of anilines is 2. The fraction of sp³-hybridized carbons (Fsp3) is 0.480. The van der Waals surface area contributed by atoms with Crippen molar-refractivity contribution in [3.8, 4) is 17.2 Å². The minimum atomic E-state index is -4.65. The van der Waals surface area contributed by atoms with E-state index in [4.69, 9.17) is 14.2 Å². The first-order valence-electron chi connectivity index (χ1n) is 24.0. The van der Waals surface area contributed by atoms with E-state index in [1.54, 1.807) is 30.6 Å². The first kappa shape index (κ1) is 44.7. The highest BCUT2D eigenvalue weighted by Gasteiger charge is 2.50. The van der Waals surface area contributed by atoms with E-state index in [2.05, 4.69) is 77.7 Å². The number of rotatable bonds is 12. The highest BCUT2D eigenvalue weighted by Crippen LogP contribution is 2.54. The Labute approximate surface area is 396 Å². The highest BCUT2D eigenvalue weighted by molar-refractivity contribution is 7.90. The maximum atomic E-state index is 14.1. The molecule has 5 fully saturated rings. The van der Waals surface area contributed by atoms with Gasteiger partial charge in [-0.2, -0.15) is 0 Å². The molecule has 0 bridgehead atoms. The Kier molecular flexibility index (Phi) is 11.8. The van der Waals surface area contributed by atoms with Gasteiger partial charge < -0.3 is 29.4 Å². The van der Waals surface area contributed by atoms with Gasteiger partial charge in [0.2, 0.25) is 0 Å². The Hall–Kier alpha value is -5.79. The Balaban J connectivity index is 0.784. The number of piperidine rings is 1. The molecular formula is C50H59N9O8S. The molecule has 1 spiro atoms. The van der Waals surface area contributed by atoms with Gasteiger partial charge in [0.05, 0.1) is 46.9 Å². The third-order valence-electron chi connectivity index (χ3n) is 15.6. The first-order chi connectivity index (χ1) is 32.9. The zero-order valence-corrected chi connectivity index (χ0v) is 39.4. The molecule has 5 aromatic rings. The van der Waals surface area contributed by atoms with E-state index in [9.17, 15) is 23.3 Å². The van der Waals surface area contributed by atoms with Gasteiger partial charge >= 0.3 is 0 Å². The van der Waals surface area contributed by atoms with Crippen LogP contribution in [0.2, 0.25) is 0 Å². The molecule has 18 heteroatoms. The number of benzene rings is 3. The summed E-state index contributed by atoms with van der Waals surface area (Å²) in [4.78, 5) is 42.9. The fourth-order valence-corrected chi connectivity index (χ4v) is 12.8. The molecule has 358 valence electrons. The minimum absolute atomic E-state index is 0.0238. The number of nitrogens with zero attached hydrogens (tertiary/aromatic N) is 6. The van der Waals surface area contributed by atoms with Crippen molar-refractivity contribution in [2.75, 3.05) is 75.9 Å². The van der Waals surface area contributed by atoms with Gasteiger partial charge in [0, 0.05) is 92.9 Å². The average Bonchev–Trinajstić information content (AvgIpc) is 3.98. The number of amides is 1. The lowest BCUT2D eigenvalue weighted by atomic mass is 9.59. The number of carbonyl (C=O) groups is 1. The highest BCUT2D eigenvalue weighted by atomic mass is 32.2. The maximum Gasteiger partial charge on any atom is 0.297 e. The molecule has 3 N–H and O–H groups in total. The van der Waals surface area contributed by atoms with E-state index in [1.807, 2.05) is 12.1 Å². The smallest absolute Gasteiger partial charge is 0.297 e. The number of pyridine rings is 1. The van der Waals surface area contributed by atoms with Crippen molar-refractivity contribution >= 4 is 44.0 Å². The zero-order chi connectivity index (χ0) is 46.7. The molecule has 2 aromatic heterocycles. The van der Waals surface area contributed by atoms with Crippen LogP contribution in [0.1, 0.15) is 73.0 Å². The van der Waals surface area contributed by atoms with Crippen LogP contribution in [0.25, 0.3) is 11.0 Å². The lowest BCUT2D eigenvalue weighted by Crippen LogP contribution is -2.61. The Bertz CT molecular complexity index is 2840. The standard InChI is InChI=1S/C50H59N9O8S/c1-32-6-3-4-7-41(32)43-8-5-15-58(43)37-24-50(25-37)12-16-56(17-13-50)36-9-10-42(45(21-36)67-39-20-34-11-14-51-48(34)52-26-39)49(60)54-68(63,64)40-22-44(59(61)62)47-46(23-40)66-29-35(53-47)28-55-18-19-57(33(2)27-55)38-30-65-31-38/h3-4,6-7,9-11,14,20-23,26,33,35,37-38,43,53H,5,8,12-13,15-19,24-25,27-31H2,1-2H3,(H,51,52)(H,54,60)/t33-,35-,43+/m1/s1. The minimum Gasteiger partial charge on any atom is -0.489 e. The van der Waals surface area contributed by atoms with Gasteiger partial charge in [0.25, 0.3) is 21.6 Å². The number of piperazine rings is 1. The number of aromatic nitrogens is 2. The van der Waals surface area contributed by atoms with Crippen molar-refractivity contribution in [2.24, 2.45) is 5.41 Å². The molecule has 6 aliphatic rings. The molecule has 4 saturated heterocycles. The average molecular weight is 946 g/mol. The van der Waals surface area contributed by atoms with Crippen molar-refractivity contribution in [3.63, 3.8) is 0 Å². The number of likely N-dealkylation sites (tertiary alicyclic amines) is 1. The molecule has 3 atom stereocenters. The lowest BCUT2D eigenvalue weighted by Gasteiger charge is -2.56. The number of fused-ring (bicyclic) bond motifs is 2. The number of H-pyrrole nitrogens is 1. The van der Waals surface area contributed by atoms with E-state index in [-0.39, 0.29) is 35.4 Å². The summed E-state index contributed by atoms with van der Waals surface area (Å²) in [5.74, 6) is -0.417. The van der Waals surface area contributed by atoms with Crippen LogP contribution < -0.4 is 24.4 Å². The molecular weight excluding hydrogens is 887 g/mol. The van der Waals surface area contributed by atoms with Crippen LogP contribution in [0.5, 0.6) is 17.2 Å². The van der Waals surface area contributed by atoms with Gasteiger partial charge in [-0.3, -0.25) is 29.6 Å². The van der Waals surface area contributed by atoms with Crippen molar-refractivity contribution in [1.82, 2.24) is 29.4 Å². The van der Waals surface area contributed by atoms with Gasteiger partial charge in [0.15, 0.2) is 11.4 Å². The summed E-state index contributed by atoms with van der Waals surface area (Å²) in [7, 11) is -4.65.